The number of nitrogens with two attached hydrogens (primary N) is 1. The molecule has 1 heterocycles. The van der Waals surface area contributed by atoms with Crippen LogP contribution < -0.4 is 5.73 Å². The predicted octanol–water partition coefficient (Wildman–Crippen LogP) is 3.59. The van der Waals surface area contributed by atoms with E-state index in [9.17, 15) is 34.8 Å². The Labute approximate surface area is 249 Å². The maximum Gasteiger partial charge on any atom is 0.255 e. The van der Waals surface area contributed by atoms with Crippen molar-refractivity contribution in [1.29, 1.82) is 0 Å². The zero-order valence-electron chi connectivity index (χ0n) is 24.6. The van der Waals surface area contributed by atoms with Gasteiger partial charge < -0.3 is 30.6 Å². The minimum atomic E-state index is -2.66. The van der Waals surface area contributed by atoms with E-state index in [1.807, 2.05) is 12.1 Å². The highest BCUT2D eigenvalue weighted by molar-refractivity contribution is 6.24. The fourth-order valence-corrected chi connectivity index (χ4v) is 7.92. The highest BCUT2D eigenvalue weighted by atomic mass is 16.4. The molecule has 6 N–H and O–H groups in total. The normalized spacial score (nSPS) is 30.8. The molecular weight excluding hydrogens is 552 g/mol. The van der Waals surface area contributed by atoms with Gasteiger partial charge in [-0.15, -0.1) is 0 Å². The van der Waals surface area contributed by atoms with Gasteiger partial charge in [0.15, 0.2) is 11.4 Å². The number of hydrogen-bond donors (Lipinski definition) is 5. The molecule has 10 nitrogen and oxygen atoms in total. The third kappa shape index (κ3) is 4.41. The van der Waals surface area contributed by atoms with Crippen LogP contribution in [0, 0.1) is 23.7 Å². The minimum absolute atomic E-state index is 0.0321. The second-order valence-electron chi connectivity index (χ2n) is 13.0. The molecule has 1 aromatic carbocycles. The smallest absolute Gasteiger partial charge is 0.255 e. The van der Waals surface area contributed by atoms with Crippen molar-refractivity contribution in [1.82, 2.24) is 4.90 Å². The number of phenols is 1. The lowest BCUT2D eigenvalue weighted by molar-refractivity contribution is -0.153. The van der Waals surface area contributed by atoms with Gasteiger partial charge in [0.2, 0.25) is 5.78 Å². The van der Waals surface area contributed by atoms with E-state index < -0.39 is 58.0 Å². The van der Waals surface area contributed by atoms with Crippen molar-refractivity contribution < 1.29 is 39.2 Å². The number of hydrogen-bond acceptors (Lipinski definition) is 9. The Kier molecular flexibility index (Phi) is 7.05. The molecule has 228 valence electrons. The number of aliphatic hydroxyl groups excluding tert-OH is 2. The van der Waals surface area contributed by atoms with Gasteiger partial charge in [-0.05, 0) is 87.4 Å². The van der Waals surface area contributed by atoms with Crippen LogP contribution in [0.4, 0.5) is 0 Å². The number of carbonyl (C=O) groups excluding carboxylic acids is 3. The van der Waals surface area contributed by atoms with Gasteiger partial charge in [0, 0.05) is 23.5 Å². The van der Waals surface area contributed by atoms with E-state index in [0.29, 0.717) is 22.8 Å². The van der Waals surface area contributed by atoms with E-state index in [1.54, 1.807) is 20.2 Å². The number of primary amides is 1. The van der Waals surface area contributed by atoms with Gasteiger partial charge in [-0.1, -0.05) is 19.8 Å². The largest absolute Gasteiger partial charge is 0.508 e. The summed E-state index contributed by atoms with van der Waals surface area (Å²) in [5.41, 5.74) is 3.02. The van der Waals surface area contributed by atoms with Crippen molar-refractivity contribution in [3.8, 4) is 17.1 Å². The third-order valence-electron chi connectivity index (χ3n) is 10.2. The molecule has 1 aromatic heterocycles. The van der Waals surface area contributed by atoms with Gasteiger partial charge in [-0.2, -0.15) is 0 Å². The second-order valence-corrected chi connectivity index (χ2v) is 13.0. The summed E-state index contributed by atoms with van der Waals surface area (Å²) in [6, 6.07) is 5.85. The summed E-state index contributed by atoms with van der Waals surface area (Å²) in [6.07, 6.45) is 5.83. The van der Waals surface area contributed by atoms with Crippen LogP contribution in [0.1, 0.15) is 55.9 Å². The molecule has 4 aliphatic carbocycles. The zero-order valence-corrected chi connectivity index (χ0v) is 24.6. The molecule has 0 saturated heterocycles. The molecule has 1 unspecified atom stereocenters. The number of benzene rings is 1. The maximum atomic E-state index is 14.0. The first kappa shape index (κ1) is 29.2. The van der Waals surface area contributed by atoms with E-state index in [4.69, 9.17) is 10.2 Å². The first-order valence-corrected chi connectivity index (χ1v) is 14.9. The molecule has 2 aromatic rings. The van der Waals surface area contributed by atoms with Gasteiger partial charge in [0.1, 0.15) is 34.4 Å². The van der Waals surface area contributed by atoms with E-state index in [0.717, 1.165) is 18.1 Å². The van der Waals surface area contributed by atoms with Crippen LogP contribution in [0.15, 0.2) is 45.6 Å². The number of nitrogens with zero attached hydrogens (tertiary/aromatic N) is 1. The van der Waals surface area contributed by atoms with Crippen LogP contribution in [0.2, 0.25) is 0 Å². The Morgan fingerprint density at radius 3 is 2.42 bits per heavy atom. The number of aromatic hydroxyl groups is 1. The average molecular weight is 591 g/mol. The van der Waals surface area contributed by atoms with Gasteiger partial charge >= 0.3 is 0 Å². The number of phenolic OH excluding ortho intramolecular Hbond substituents is 1. The predicted molar refractivity (Wildman–Crippen MR) is 157 cm³/mol. The number of likely N-dealkylation sites (N-methyl/N-ethyl adjacent to an activating group) is 1. The Bertz CT molecular complexity index is 1590. The monoisotopic (exact) mass is 590 g/mol. The number of rotatable bonds is 5. The Morgan fingerprint density at radius 1 is 1.07 bits per heavy atom. The Hall–Kier alpha value is -3.89. The summed E-state index contributed by atoms with van der Waals surface area (Å²) in [5.74, 6) is -3.95. The van der Waals surface area contributed by atoms with Crippen LogP contribution in [0.5, 0.6) is 5.75 Å². The summed E-state index contributed by atoms with van der Waals surface area (Å²) >= 11 is 0. The second kappa shape index (κ2) is 10.4. The molecule has 6 rings (SSSR count). The molecule has 2 fully saturated rings. The summed E-state index contributed by atoms with van der Waals surface area (Å²) < 4.78 is 6.29. The highest BCUT2D eigenvalue weighted by Gasteiger charge is 2.64. The van der Waals surface area contributed by atoms with Crippen LogP contribution in [0.25, 0.3) is 17.1 Å². The average Bonchev–Trinajstić information content (AvgIpc) is 3.40. The molecule has 0 aliphatic heterocycles. The van der Waals surface area contributed by atoms with Crippen LogP contribution >= 0.6 is 0 Å². The molecular formula is C33H38N2O8. The zero-order chi connectivity index (χ0) is 31.0. The molecule has 43 heavy (non-hydrogen) atoms. The van der Waals surface area contributed by atoms with Crippen molar-refractivity contribution in [3.63, 3.8) is 0 Å². The summed E-state index contributed by atoms with van der Waals surface area (Å²) in [4.78, 5) is 41.0. The quantitative estimate of drug-likeness (QED) is 0.326. The molecule has 4 aliphatic rings. The molecule has 2 saturated carbocycles. The first-order chi connectivity index (χ1) is 20.3. The SMILES string of the molecule is CC1CCC(Cc2ccc(-c3ccc(O)c4c3C[C@@H]3C[C@@H]5C(N(C)C)C(=O)C(C(N)=O)=C(O)[C@]5(O)C(=O)C3=C4O)o2)CC1. The lowest BCUT2D eigenvalue weighted by atomic mass is 9.57. The van der Waals surface area contributed by atoms with Gasteiger partial charge in [0.25, 0.3) is 5.91 Å². The number of carbonyl (C=O) groups is 3. The molecule has 4 atom stereocenters. The lowest BCUT2D eigenvalue weighted by Gasteiger charge is -2.50. The highest BCUT2D eigenvalue weighted by Crippen LogP contribution is 2.53. The van der Waals surface area contributed by atoms with Crippen molar-refractivity contribution >= 4 is 23.2 Å². The fourth-order valence-electron chi connectivity index (χ4n) is 7.92. The van der Waals surface area contributed by atoms with Crippen LogP contribution in [0.3, 0.4) is 0 Å². The Balaban J connectivity index is 1.42. The summed E-state index contributed by atoms with van der Waals surface area (Å²) in [7, 11) is 3.15. The number of ketones is 2. The van der Waals surface area contributed by atoms with Gasteiger partial charge in [0.05, 0.1) is 11.6 Å². The molecule has 0 bridgehead atoms. The van der Waals surface area contributed by atoms with Gasteiger partial charge in [-0.3, -0.25) is 19.3 Å². The summed E-state index contributed by atoms with van der Waals surface area (Å²) in [5, 5.41) is 45.1. The van der Waals surface area contributed by atoms with E-state index in [-0.39, 0.29) is 29.7 Å². The third-order valence-corrected chi connectivity index (χ3v) is 10.2. The van der Waals surface area contributed by atoms with Crippen molar-refractivity contribution in [2.45, 2.75) is 63.5 Å². The topological polar surface area (TPSA) is 175 Å². The van der Waals surface area contributed by atoms with E-state index >= 15 is 0 Å². The number of aliphatic hydroxyl groups is 3. The van der Waals surface area contributed by atoms with E-state index in [1.165, 1.54) is 36.6 Å². The van der Waals surface area contributed by atoms with Crippen molar-refractivity contribution in [2.24, 2.45) is 29.4 Å². The number of Topliss-reactive ketones (excluding diaryl/α,β-unsaturated/α-hetero) is 2. The van der Waals surface area contributed by atoms with E-state index in [2.05, 4.69) is 6.92 Å². The van der Waals surface area contributed by atoms with Crippen LogP contribution in [-0.2, 0) is 27.2 Å². The Morgan fingerprint density at radius 2 is 1.77 bits per heavy atom. The number of amides is 1. The number of fused-ring (bicyclic) bond motifs is 3. The lowest BCUT2D eigenvalue weighted by Crippen LogP contribution is -2.65. The fraction of sp³-hybridized carbons (Fsp3) is 0.485. The molecule has 1 amide bonds. The summed E-state index contributed by atoms with van der Waals surface area (Å²) in [6.45, 7) is 2.29. The molecule has 0 radical (unpaired) electrons. The van der Waals surface area contributed by atoms with Crippen molar-refractivity contribution in [3.05, 3.63) is 58.1 Å². The first-order valence-electron chi connectivity index (χ1n) is 14.9. The molecule has 10 heteroatoms. The van der Waals surface area contributed by atoms with Gasteiger partial charge in [-0.25, -0.2) is 0 Å². The van der Waals surface area contributed by atoms with Crippen LogP contribution in [-0.4, -0.2) is 68.5 Å². The standard InChI is InChI=1S/C33H38N2O8/c1-15-4-6-16(7-5-15)12-18-8-11-23(43-18)19-9-10-22(36)25-20(19)13-17-14-21-27(35(2)3)29(38)26(32(34)41)31(40)33(21,42)30(39)24(17)28(25)37/h8-11,15-17,21,27,36-37,40,42H,4-7,12-14H2,1-3H3,(H2,34,41)/t15?,16?,17-,21-,27?,33-/m1/s1. The minimum Gasteiger partial charge on any atom is -0.508 e. The number of furan rings is 1. The maximum absolute atomic E-state index is 14.0. The molecule has 0 spiro atoms. The van der Waals surface area contributed by atoms with Crippen molar-refractivity contribution in [2.75, 3.05) is 14.1 Å².